The Hall–Kier alpha value is -0.0131. The van der Waals surface area contributed by atoms with Gasteiger partial charge in [0.15, 0.2) is 0 Å². The van der Waals surface area contributed by atoms with Crippen LogP contribution < -0.4 is 0 Å². The first-order valence-electron chi connectivity index (χ1n) is 7.17. The van der Waals surface area contributed by atoms with E-state index in [0.717, 1.165) is 6.42 Å². The van der Waals surface area contributed by atoms with Gasteiger partial charge in [-0.1, -0.05) is 50.7 Å². The Balaban J connectivity index is 3.10. The van der Waals surface area contributed by atoms with Crippen LogP contribution in [0.25, 0.3) is 0 Å². The molecule has 1 unspecified atom stereocenters. The maximum absolute atomic E-state index is 6.39. The van der Waals surface area contributed by atoms with Crippen molar-refractivity contribution >= 4 is 19.2 Å². The molecule has 0 heterocycles. The fourth-order valence-electron chi connectivity index (χ4n) is 1.99. The summed E-state index contributed by atoms with van der Waals surface area (Å²) in [5.41, 5.74) is 0. The van der Waals surface area contributed by atoms with Crippen molar-refractivity contribution < 1.29 is 0 Å². The summed E-state index contributed by atoms with van der Waals surface area (Å²) in [6, 6.07) is 2.61. The molecule has 17 heavy (non-hydrogen) atoms. The van der Waals surface area contributed by atoms with Crippen molar-refractivity contribution in [3.05, 3.63) is 25.3 Å². The van der Waals surface area contributed by atoms with E-state index >= 15 is 0 Å². The molecule has 0 amide bonds. The second-order valence-electron chi connectivity index (χ2n) is 4.80. The molecule has 0 aromatic rings. The first-order chi connectivity index (χ1) is 8.31. The van der Waals surface area contributed by atoms with E-state index in [-0.39, 0.29) is 0 Å². The topological polar surface area (TPSA) is 0 Å². The molecule has 0 aliphatic heterocycles. The maximum atomic E-state index is 6.39. The van der Waals surface area contributed by atoms with Crippen LogP contribution in [0.3, 0.4) is 0 Å². The van der Waals surface area contributed by atoms with Gasteiger partial charge in [-0.3, -0.25) is 0 Å². The molecule has 0 rings (SSSR count). The minimum absolute atomic E-state index is 0.893. The summed E-state index contributed by atoms with van der Waals surface area (Å²) in [7, 11) is -0.893. The van der Waals surface area contributed by atoms with Crippen LogP contribution in [0.5, 0.6) is 0 Å². The molecular formula is C15H29ClSi. The van der Waals surface area contributed by atoms with Gasteiger partial charge < -0.3 is 0 Å². The third kappa shape index (κ3) is 13.9. The van der Waals surface area contributed by atoms with Crippen LogP contribution in [0, 0.1) is 0 Å². The van der Waals surface area contributed by atoms with Crippen molar-refractivity contribution in [2.45, 2.75) is 69.9 Å². The van der Waals surface area contributed by atoms with E-state index in [1.807, 2.05) is 12.2 Å². The van der Waals surface area contributed by atoms with Crippen LogP contribution in [0.15, 0.2) is 25.3 Å². The van der Waals surface area contributed by atoms with E-state index in [0.29, 0.717) is 0 Å². The molecule has 0 N–H and O–H groups in total. The Kier molecular flexibility index (Phi) is 14.0. The highest BCUT2D eigenvalue weighted by molar-refractivity contribution is 7.06. The summed E-state index contributed by atoms with van der Waals surface area (Å²) in [4.78, 5) is 0. The molecule has 0 radical (unpaired) electrons. The van der Waals surface area contributed by atoms with Crippen molar-refractivity contribution in [2.24, 2.45) is 0 Å². The van der Waals surface area contributed by atoms with Crippen molar-refractivity contribution in [1.82, 2.24) is 0 Å². The number of halogens is 1. The highest BCUT2D eigenvalue weighted by Crippen LogP contribution is 2.15. The van der Waals surface area contributed by atoms with Crippen molar-refractivity contribution in [3.8, 4) is 0 Å². The highest BCUT2D eigenvalue weighted by atomic mass is 35.6. The van der Waals surface area contributed by atoms with Crippen LogP contribution in [0.2, 0.25) is 12.1 Å². The predicted octanol–water partition coefficient (Wildman–Crippen LogP) is 5.83. The molecule has 0 spiro atoms. The Morgan fingerprint density at radius 1 is 0.706 bits per heavy atom. The Labute approximate surface area is 114 Å². The van der Waals surface area contributed by atoms with Gasteiger partial charge in [-0.2, -0.15) is 11.1 Å². The van der Waals surface area contributed by atoms with Crippen LogP contribution in [-0.2, 0) is 0 Å². The van der Waals surface area contributed by atoms with Gasteiger partial charge in [0, 0.05) is 0 Å². The lowest BCUT2D eigenvalue weighted by atomic mass is 10.1. The van der Waals surface area contributed by atoms with Crippen molar-refractivity contribution in [2.75, 3.05) is 0 Å². The highest BCUT2D eigenvalue weighted by Gasteiger charge is 2.05. The maximum Gasteiger partial charge on any atom is 0.141 e. The van der Waals surface area contributed by atoms with Crippen molar-refractivity contribution in [3.63, 3.8) is 0 Å². The first kappa shape index (κ1) is 17.0. The largest absolute Gasteiger partial charge is 0.172 e. The molecule has 2 heteroatoms. The van der Waals surface area contributed by atoms with Gasteiger partial charge in [-0.25, -0.2) is 0 Å². The summed E-state index contributed by atoms with van der Waals surface area (Å²) >= 11 is 6.39. The molecule has 0 saturated heterocycles. The van der Waals surface area contributed by atoms with Gasteiger partial charge in [0.25, 0.3) is 0 Å². The zero-order valence-electron chi connectivity index (χ0n) is 11.3. The smallest absolute Gasteiger partial charge is 0.141 e. The normalized spacial score (nSPS) is 12.3. The second kappa shape index (κ2) is 14.0. The molecule has 0 aliphatic carbocycles. The molecule has 0 aromatic heterocycles. The van der Waals surface area contributed by atoms with E-state index in [1.165, 1.54) is 63.5 Å². The molecule has 0 aromatic carbocycles. The van der Waals surface area contributed by atoms with E-state index in [4.69, 9.17) is 11.1 Å². The summed E-state index contributed by atoms with van der Waals surface area (Å²) in [6.07, 6.45) is 15.8. The molecule has 1 atom stereocenters. The van der Waals surface area contributed by atoms with Crippen LogP contribution >= 0.6 is 11.1 Å². The summed E-state index contributed by atoms with van der Waals surface area (Å²) in [5.74, 6) is 0. The minimum Gasteiger partial charge on any atom is -0.172 e. The van der Waals surface area contributed by atoms with E-state index < -0.39 is 8.11 Å². The second-order valence-corrected chi connectivity index (χ2v) is 9.01. The molecule has 100 valence electrons. The van der Waals surface area contributed by atoms with Gasteiger partial charge in [0.1, 0.15) is 8.11 Å². The van der Waals surface area contributed by atoms with Crippen LogP contribution in [-0.4, -0.2) is 8.11 Å². The average Bonchev–Trinajstić information content (AvgIpc) is 2.33. The Morgan fingerprint density at radius 3 is 1.82 bits per heavy atom. The van der Waals surface area contributed by atoms with E-state index in [1.54, 1.807) is 0 Å². The molecule has 0 saturated carbocycles. The fourth-order valence-corrected chi connectivity index (χ4v) is 4.61. The fraction of sp³-hybridized carbons (Fsp3) is 0.733. The Bertz CT molecular complexity index is 180. The number of allylic oxidation sites excluding steroid dienone is 2. The molecular weight excluding hydrogens is 244 g/mol. The molecule has 0 aliphatic rings. The monoisotopic (exact) mass is 272 g/mol. The minimum atomic E-state index is -0.893. The van der Waals surface area contributed by atoms with Crippen LogP contribution in [0.4, 0.5) is 0 Å². The van der Waals surface area contributed by atoms with Gasteiger partial charge in [0.2, 0.25) is 0 Å². The quantitative estimate of drug-likeness (QED) is 0.171. The van der Waals surface area contributed by atoms with Crippen LogP contribution in [0.1, 0.15) is 57.8 Å². The van der Waals surface area contributed by atoms with E-state index in [9.17, 15) is 0 Å². The molecule has 0 fully saturated rings. The SMILES string of the molecule is C=CCCCCCCCC[SiH](Cl)CCCC=C. The zero-order valence-corrected chi connectivity index (χ0v) is 13.2. The lowest BCUT2D eigenvalue weighted by Gasteiger charge is -2.06. The summed E-state index contributed by atoms with van der Waals surface area (Å²) < 4.78 is 0. The standard InChI is InChI=1S/C15H29ClSi/c1-3-5-7-8-9-10-11-13-15-17(16)14-12-6-4-2/h3-4,17H,1-2,5-15H2. The summed E-state index contributed by atoms with van der Waals surface area (Å²) in [5, 5.41) is 0. The number of hydrogen-bond donors (Lipinski definition) is 0. The van der Waals surface area contributed by atoms with Gasteiger partial charge >= 0.3 is 0 Å². The number of unbranched alkanes of at least 4 members (excludes halogenated alkanes) is 7. The molecule has 0 bridgehead atoms. The van der Waals surface area contributed by atoms with E-state index in [2.05, 4.69) is 13.2 Å². The van der Waals surface area contributed by atoms with Gasteiger partial charge in [-0.05, 0) is 31.4 Å². The predicted molar refractivity (Wildman–Crippen MR) is 84.6 cm³/mol. The Morgan fingerprint density at radius 2 is 1.18 bits per heavy atom. The summed E-state index contributed by atoms with van der Waals surface area (Å²) in [6.45, 7) is 7.48. The number of rotatable bonds is 13. The third-order valence-electron chi connectivity index (χ3n) is 3.10. The zero-order chi connectivity index (χ0) is 12.8. The molecule has 0 nitrogen and oxygen atoms in total. The van der Waals surface area contributed by atoms with Gasteiger partial charge in [0.05, 0.1) is 0 Å². The lowest BCUT2D eigenvalue weighted by molar-refractivity contribution is 0.610. The van der Waals surface area contributed by atoms with Gasteiger partial charge in [-0.15, -0.1) is 13.2 Å². The third-order valence-corrected chi connectivity index (χ3v) is 6.48. The number of hydrogen-bond acceptors (Lipinski definition) is 0. The first-order valence-corrected chi connectivity index (χ1v) is 10.5. The van der Waals surface area contributed by atoms with Crippen molar-refractivity contribution in [1.29, 1.82) is 0 Å². The lowest BCUT2D eigenvalue weighted by Crippen LogP contribution is -2.02. The average molecular weight is 273 g/mol.